The van der Waals surface area contributed by atoms with Crippen molar-refractivity contribution in [3.8, 4) is 22.6 Å². The zero-order valence-electron chi connectivity index (χ0n) is 17.8. The van der Waals surface area contributed by atoms with E-state index in [1.807, 2.05) is 18.9 Å². The van der Waals surface area contributed by atoms with Gasteiger partial charge in [0.25, 0.3) is 5.56 Å². The number of benzene rings is 2. The molecule has 0 atom stereocenters. The summed E-state index contributed by atoms with van der Waals surface area (Å²) in [6.45, 7) is 5.76. The third-order valence-electron chi connectivity index (χ3n) is 5.13. The number of aryl methyl sites for hydroxylation is 2. The molecule has 160 valence electrons. The second-order valence-electron chi connectivity index (χ2n) is 7.67. The highest BCUT2D eigenvalue weighted by Crippen LogP contribution is 2.35. The lowest BCUT2D eigenvalue weighted by Gasteiger charge is -2.16. The number of phenolic OH excluding ortho intramolecular Hbond substituents is 1. The van der Waals surface area contributed by atoms with Crippen LogP contribution < -0.4 is 10.3 Å². The van der Waals surface area contributed by atoms with Crippen molar-refractivity contribution in [1.29, 1.82) is 0 Å². The van der Waals surface area contributed by atoms with Gasteiger partial charge in [-0.05, 0) is 50.7 Å². The van der Waals surface area contributed by atoms with Crippen molar-refractivity contribution in [3.63, 3.8) is 0 Å². The van der Waals surface area contributed by atoms with Crippen molar-refractivity contribution >= 4 is 21.6 Å². The minimum atomic E-state index is -0.103. The molecule has 0 radical (unpaired) electrons. The van der Waals surface area contributed by atoms with Crippen molar-refractivity contribution in [1.82, 2.24) is 14.9 Å². The van der Waals surface area contributed by atoms with Crippen LogP contribution in [0, 0.1) is 13.8 Å². The van der Waals surface area contributed by atoms with Crippen LogP contribution in [0.5, 0.6) is 11.5 Å². The van der Waals surface area contributed by atoms with Gasteiger partial charge in [0.2, 0.25) is 0 Å². The molecule has 0 saturated carbocycles. The summed E-state index contributed by atoms with van der Waals surface area (Å²) in [6, 6.07) is 14.9. The van der Waals surface area contributed by atoms with Gasteiger partial charge in [-0.3, -0.25) is 9.69 Å². The number of aromatic amines is 1. The van der Waals surface area contributed by atoms with Crippen LogP contribution in [0.15, 0.2) is 53.3 Å². The minimum Gasteiger partial charge on any atom is -0.508 e. The zero-order chi connectivity index (χ0) is 22.0. The van der Waals surface area contributed by atoms with Crippen molar-refractivity contribution < 1.29 is 9.84 Å². The first-order valence-corrected chi connectivity index (χ1v) is 10.9. The van der Waals surface area contributed by atoms with Gasteiger partial charge in [-0.25, -0.2) is 4.98 Å². The largest absolute Gasteiger partial charge is 0.508 e. The Hall–Kier alpha value is -3.16. The van der Waals surface area contributed by atoms with Crippen molar-refractivity contribution in [2.24, 2.45) is 0 Å². The number of rotatable bonds is 7. The summed E-state index contributed by atoms with van der Waals surface area (Å²) in [5.74, 6) is 1.56. The molecule has 0 amide bonds. The summed E-state index contributed by atoms with van der Waals surface area (Å²) in [7, 11) is 1.96. The molecule has 4 rings (SSSR count). The number of hydrogen-bond acceptors (Lipinski definition) is 6. The van der Waals surface area contributed by atoms with E-state index in [0.29, 0.717) is 36.7 Å². The minimum absolute atomic E-state index is 0.103. The molecule has 4 aromatic rings. The average Bonchev–Trinajstić information content (AvgIpc) is 3.06. The maximum absolute atomic E-state index is 12.9. The monoisotopic (exact) mass is 435 g/mol. The third kappa shape index (κ3) is 4.78. The second-order valence-corrected chi connectivity index (χ2v) is 8.88. The molecule has 0 bridgehead atoms. The Balaban J connectivity index is 1.48. The molecule has 0 saturated heterocycles. The maximum Gasteiger partial charge on any atom is 0.260 e. The Morgan fingerprint density at radius 3 is 2.52 bits per heavy atom. The van der Waals surface area contributed by atoms with E-state index < -0.39 is 0 Å². The number of H-pyrrole nitrogens is 1. The molecular weight excluding hydrogens is 410 g/mol. The zero-order valence-corrected chi connectivity index (χ0v) is 18.6. The smallest absolute Gasteiger partial charge is 0.260 e. The Bertz CT molecular complexity index is 1240. The lowest BCUT2D eigenvalue weighted by Crippen LogP contribution is -2.26. The molecule has 2 heterocycles. The number of nitrogens with zero attached hydrogens (tertiary/aromatic N) is 2. The van der Waals surface area contributed by atoms with Gasteiger partial charge in [0.05, 0.1) is 11.9 Å². The average molecular weight is 436 g/mol. The van der Waals surface area contributed by atoms with Gasteiger partial charge in [0.1, 0.15) is 28.8 Å². The first-order valence-electron chi connectivity index (χ1n) is 10.1. The van der Waals surface area contributed by atoms with Gasteiger partial charge in [0.15, 0.2) is 0 Å². The molecule has 0 unspecified atom stereocenters. The number of thiophene rings is 1. The quantitative estimate of drug-likeness (QED) is 0.447. The Morgan fingerprint density at radius 2 is 1.81 bits per heavy atom. The summed E-state index contributed by atoms with van der Waals surface area (Å²) in [4.78, 5) is 24.5. The topological polar surface area (TPSA) is 78.5 Å². The molecule has 0 aliphatic rings. The van der Waals surface area contributed by atoms with Gasteiger partial charge < -0.3 is 14.8 Å². The molecule has 31 heavy (non-hydrogen) atoms. The van der Waals surface area contributed by atoms with Crippen molar-refractivity contribution in [3.05, 3.63) is 75.1 Å². The summed E-state index contributed by atoms with van der Waals surface area (Å²) in [6.07, 6.45) is 0. The van der Waals surface area contributed by atoms with Crippen LogP contribution in [-0.2, 0) is 6.54 Å². The third-order valence-corrected chi connectivity index (χ3v) is 6.12. The SMILES string of the molecule is Cc1ccc(-c2c(C)sc3nc(CN(C)CCOc4ccc(O)cc4)[nH]c(=O)c23)cc1. The van der Waals surface area contributed by atoms with Crippen LogP contribution in [0.1, 0.15) is 16.3 Å². The Morgan fingerprint density at radius 1 is 1.10 bits per heavy atom. The van der Waals surface area contributed by atoms with Gasteiger partial charge in [-0.1, -0.05) is 29.8 Å². The van der Waals surface area contributed by atoms with E-state index in [2.05, 4.69) is 36.2 Å². The number of fused-ring (bicyclic) bond motifs is 1. The van der Waals surface area contributed by atoms with E-state index in [9.17, 15) is 9.90 Å². The normalized spacial score (nSPS) is 11.4. The highest BCUT2D eigenvalue weighted by molar-refractivity contribution is 7.19. The fourth-order valence-electron chi connectivity index (χ4n) is 3.50. The van der Waals surface area contributed by atoms with Crippen molar-refractivity contribution in [2.75, 3.05) is 20.2 Å². The molecule has 7 heteroatoms. The summed E-state index contributed by atoms with van der Waals surface area (Å²) in [5.41, 5.74) is 3.09. The van der Waals surface area contributed by atoms with E-state index >= 15 is 0 Å². The second kappa shape index (κ2) is 8.91. The number of nitrogens with one attached hydrogen (secondary N) is 1. The van der Waals surface area contributed by atoms with E-state index in [1.54, 1.807) is 35.6 Å². The lowest BCUT2D eigenvalue weighted by molar-refractivity contribution is 0.229. The van der Waals surface area contributed by atoms with Gasteiger partial charge in [-0.15, -0.1) is 11.3 Å². The summed E-state index contributed by atoms with van der Waals surface area (Å²) < 4.78 is 5.70. The molecule has 6 nitrogen and oxygen atoms in total. The molecule has 0 fully saturated rings. The number of ether oxygens (including phenoxy) is 1. The highest BCUT2D eigenvalue weighted by atomic mass is 32.1. The Labute approximate surface area is 184 Å². The summed E-state index contributed by atoms with van der Waals surface area (Å²) in [5, 5.41) is 9.99. The van der Waals surface area contributed by atoms with E-state index in [-0.39, 0.29) is 11.3 Å². The molecule has 2 aromatic carbocycles. The van der Waals surface area contributed by atoms with Crippen LogP contribution in [0.25, 0.3) is 21.3 Å². The van der Waals surface area contributed by atoms with Gasteiger partial charge in [-0.2, -0.15) is 0 Å². The molecule has 2 aromatic heterocycles. The summed E-state index contributed by atoms with van der Waals surface area (Å²) >= 11 is 1.55. The van der Waals surface area contributed by atoms with Gasteiger partial charge in [0, 0.05) is 17.0 Å². The molecular formula is C24H25N3O3S. The number of phenols is 1. The first-order chi connectivity index (χ1) is 14.9. The van der Waals surface area contributed by atoms with E-state index in [4.69, 9.17) is 9.72 Å². The molecule has 0 aliphatic heterocycles. The van der Waals surface area contributed by atoms with Crippen LogP contribution in [0.3, 0.4) is 0 Å². The number of aromatic nitrogens is 2. The van der Waals surface area contributed by atoms with E-state index in [0.717, 1.165) is 20.8 Å². The Kier molecular flexibility index (Phi) is 6.06. The number of hydrogen-bond donors (Lipinski definition) is 2. The molecule has 0 spiro atoms. The maximum atomic E-state index is 12.9. The fourth-order valence-corrected chi connectivity index (χ4v) is 4.57. The van der Waals surface area contributed by atoms with Crippen LogP contribution >= 0.6 is 11.3 Å². The molecule has 0 aliphatic carbocycles. The number of aromatic hydroxyl groups is 1. The predicted octanol–water partition coefficient (Wildman–Crippen LogP) is 4.48. The van der Waals surface area contributed by atoms with Crippen LogP contribution in [0.2, 0.25) is 0 Å². The number of likely N-dealkylation sites (N-methyl/N-ethyl adjacent to an activating group) is 1. The fraction of sp³-hybridized carbons (Fsp3) is 0.250. The first kappa shape index (κ1) is 21.1. The van der Waals surface area contributed by atoms with Crippen molar-refractivity contribution in [2.45, 2.75) is 20.4 Å². The highest BCUT2D eigenvalue weighted by Gasteiger charge is 2.17. The predicted molar refractivity (Wildman–Crippen MR) is 125 cm³/mol. The van der Waals surface area contributed by atoms with Crippen LogP contribution in [-0.4, -0.2) is 40.2 Å². The lowest BCUT2D eigenvalue weighted by atomic mass is 10.0. The van der Waals surface area contributed by atoms with Crippen LogP contribution in [0.4, 0.5) is 0 Å². The van der Waals surface area contributed by atoms with Gasteiger partial charge >= 0.3 is 0 Å². The van der Waals surface area contributed by atoms with E-state index in [1.165, 1.54) is 5.56 Å². The molecule has 2 N–H and O–H groups in total. The standard InChI is InChI=1S/C24H25N3O3S/c1-15-4-6-17(7-5-15)21-16(2)31-24-22(21)23(29)25-20(26-24)14-27(3)12-13-30-19-10-8-18(28)9-11-19/h4-11,28H,12-14H2,1-3H3,(H,25,26,29).